The molecule has 1 amide bonds. The van der Waals surface area contributed by atoms with Crippen molar-refractivity contribution in [1.82, 2.24) is 20.2 Å². The second kappa shape index (κ2) is 12.0. The Morgan fingerprint density at radius 3 is 2.40 bits per heavy atom. The van der Waals surface area contributed by atoms with Crippen LogP contribution in [0.4, 0.5) is 27.6 Å². The van der Waals surface area contributed by atoms with E-state index in [-0.39, 0.29) is 26.2 Å². The van der Waals surface area contributed by atoms with Crippen LogP contribution < -0.4 is 10.2 Å². The average Bonchev–Trinajstić information content (AvgIpc) is 2.92. The van der Waals surface area contributed by atoms with Crippen LogP contribution in [0.3, 0.4) is 0 Å². The number of aryl methyl sites for hydroxylation is 1. The highest BCUT2D eigenvalue weighted by atomic mass is 19.4. The van der Waals surface area contributed by atoms with Crippen LogP contribution in [0.2, 0.25) is 0 Å². The van der Waals surface area contributed by atoms with Gasteiger partial charge in [0.2, 0.25) is 5.82 Å². The summed E-state index contributed by atoms with van der Waals surface area (Å²) in [6, 6.07) is 8.45. The molecule has 4 rings (SSSR count). The summed E-state index contributed by atoms with van der Waals surface area (Å²) in [6.45, 7) is 2.44. The largest absolute Gasteiger partial charge is 0.451 e. The number of likely N-dealkylation sites (N-methyl/N-ethyl adjacent to an activating group) is 1. The lowest BCUT2D eigenvalue weighted by atomic mass is 9.96. The van der Waals surface area contributed by atoms with Crippen molar-refractivity contribution in [3.05, 3.63) is 65.2 Å². The van der Waals surface area contributed by atoms with Gasteiger partial charge in [0, 0.05) is 75.3 Å². The summed E-state index contributed by atoms with van der Waals surface area (Å²) in [6.07, 6.45) is -2.73. The number of nitrogens with zero attached hydrogens (tertiary/aromatic N) is 4. The first kappa shape index (κ1) is 29.6. The highest BCUT2D eigenvalue weighted by molar-refractivity contribution is 6.08. The average molecular weight is 566 g/mol. The number of carbonyl (C=O) groups excluding carboxylic acids is 1. The van der Waals surface area contributed by atoms with E-state index in [1.807, 2.05) is 37.1 Å². The van der Waals surface area contributed by atoms with E-state index in [1.165, 1.54) is 0 Å². The number of carbonyl (C=O) groups is 1. The molecule has 2 heterocycles. The van der Waals surface area contributed by atoms with E-state index in [1.54, 1.807) is 17.0 Å². The Bertz CT molecular complexity index is 1320. The van der Waals surface area contributed by atoms with Gasteiger partial charge in [-0.3, -0.25) is 9.69 Å². The number of aliphatic hydroxyl groups excluding tert-OH is 1. The summed E-state index contributed by atoms with van der Waals surface area (Å²) in [5.74, 6) is -4.51. The number of alkyl halides is 5. The van der Waals surface area contributed by atoms with Gasteiger partial charge in [0.25, 0.3) is 11.8 Å². The molecule has 7 nitrogen and oxygen atoms in total. The molecule has 1 saturated heterocycles. The fourth-order valence-electron chi connectivity index (χ4n) is 5.17. The molecule has 0 saturated carbocycles. The minimum atomic E-state index is -4.71. The van der Waals surface area contributed by atoms with Gasteiger partial charge in [-0.1, -0.05) is 25.1 Å². The zero-order valence-electron chi connectivity index (χ0n) is 22.3. The van der Waals surface area contributed by atoms with Crippen LogP contribution in [0.1, 0.15) is 53.1 Å². The molecule has 12 heteroatoms. The molecule has 40 heavy (non-hydrogen) atoms. The molecule has 0 spiro atoms. The highest BCUT2D eigenvalue weighted by Gasteiger charge is 2.38. The highest BCUT2D eigenvalue weighted by Crippen LogP contribution is 2.34. The monoisotopic (exact) mass is 565 g/mol. The Hall–Kier alpha value is -3.38. The topological polar surface area (TPSA) is 81.6 Å². The lowest BCUT2D eigenvalue weighted by Crippen LogP contribution is -2.45. The second-order valence-corrected chi connectivity index (χ2v) is 9.92. The smallest absolute Gasteiger partial charge is 0.395 e. The first-order valence-electron chi connectivity index (χ1n) is 13.1. The maximum absolute atomic E-state index is 13.8. The van der Waals surface area contributed by atoms with Crippen LogP contribution in [-0.2, 0) is 12.6 Å². The minimum absolute atomic E-state index is 0.0000641. The van der Waals surface area contributed by atoms with E-state index in [0.29, 0.717) is 24.1 Å². The van der Waals surface area contributed by atoms with Gasteiger partial charge in [0.1, 0.15) is 0 Å². The molecule has 1 aromatic heterocycles. The molecule has 1 unspecified atom stereocenters. The predicted molar refractivity (Wildman–Crippen MR) is 142 cm³/mol. The van der Waals surface area contributed by atoms with E-state index in [9.17, 15) is 31.9 Å². The van der Waals surface area contributed by atoms with Gasteiger partial charge in [-0.2, -0.15) is 13.2 Å². The standard InChI is InChI=1S/C28H32F5N5O2/c1-3-19-20-5-4-6-22(21(20)7-8-23(19)37(2)13-14-39)25(40)34-17-24(38-11-9-27(29,30)10-12-38)18-15-35-26(36-16-18)28(31,32)33/h4-8,15-16,24,39H,3,9-14,17H2,1-2H3,(H,34,40). The van der Waals surface area contributed by atoms with Gasteiger partial charge >= 0.3 is 6.18 Å². The molecule has 0 radical (unpaired) electrons. The summed E-state index contributed by atoms with van der Waals surface area (Å²) in [4.78, 5) is 23.9. The Morgan fingerprint density at radius 1 is 1.12 bits per heavy atom. The number of anilines is 1. The molecule has 0 bridgehead atoms. The van der Waals surface area contributed by atoms with Gasteiger partial charge in [0.05, 0.1) is 12.6 Å². The third-order valence-electron chi connectivity index (χ3n) is 7.33. The van der Waals surface area contributed by atoms with Crippen LogP contribution in [0, 0.1) is 0 Å². The lowest BCUT2D eigenvalue weighted by Gasteiger charge is -2.37. The quantitative estimate of drug-likeness (QED) is 0.362. The number of halogens is 5. The van der Waals surface area contributed by atoms with Gasteiger partial charge in [-0.15, -0.1) is 0 Å². The Kier molecular flexibility index (Phi) is 8.89. The van der Waals surface area contributed by atoms with Crippen LogP contribution in [0.25, 0.3) is 10.8 Å². The Balaban J connectivity index is 1.60. The molecular weight excluding hydrogens is 533 g/mol. The van der Waals surface area contributed by atoms with Gasteiger partial charge in [-0.05, 0) is 34.9 Å². The van der Waals surface area contributed by atoms with E-state index in [2.05, 4.69) is 15.3 Å². The molecular formula is C28H32F5N5O2. The SMILES string of the molecule is CCc1c(N(C)CCO)ccc2c(C(=O)NCC(c3cnc(C(F)(F)F)nc3)N3CCC(F)(F)CC3)cccc12. The third-order valence-corrected chi connectivity index (χ3v) is 7.33. The van der Waals surface area contributed by atoms with Crippen LogP contribution in [-0.4, -0.2) is 71.6 Å². The molecule has 1 aliphatic heterocycles. The van der Waals surface area contributed by atoms with Crippen LogP contribution in [0.5, 0.6) is 0 Å². The van der Waals surface area contributed by atoms with Crippen molar-refractivity contribution in [2.24, 2.45) is 0 Å². The molecule has 2 N–H and O–H groups in total. The fraction of sp³-hybridized carbons (Fsp3) is 0.464. The maximum Gasteiger partial charge on any atom is 0.451 e. The van der Waals surface area contributed by atoms with E-state index >= 15 is 0 Å². The third kappa shape index (κ3) is 6.49. The maximum atomic E-state index is 13.8. The van der Waals surface area contributed by atoms with Crippen molar-refractivity contribution in [1.29, 1.82) is 0 Å². The summed E-state index contributed by atoms with van der Waals surface area (Å²) < 4.78 is 66.7. The molecule has 1 fully saturated rings. The Morgan fingerprint density at radius 2 is 1.80 bits per heavy atom. The zero-order valence-corrected chi connectivity index (χ0v) is 22.3. The van der Waals surface area contributed by atoms with Crippen LogP contribution in [0.15, 0.2) is 42.7 Å². The van der Waals surface area contributed by atoms with E-state index in [0.717, 1.165) is 34.4 Å². The van der Waals surface area contributed by atoms with Crippen molar-refractivity contribution in [3.63, 3.8) is 0 Å². The molecule has 216 valence electrons. The van der Waals surface area contributed by atoms with E-state index in [4.69, 9.17) is 0 Å². The second-order valence-electron chi connectivity index (χ2n) is 9.92. The van der Waals surface area contributed by atoms with Crippen molar-refractivity contribution in [2.75, 3.05) is 44.7 Å². The number of aliphatic hydroxyl groups is 1. The first-order valence-corrected chi connectivity index (χ1v) is 13.1. The van der Waals surface area contributed by atoms with Gasteiger partial charge in [-0.25, -0.2) is 18.7 Å². The van der Waals surface area contributed by atoms with Gasteiger partial charge in [0.15, 0.2) is 0 Å². The van der Waals surface area contributed by atoms with E-state index < -0.39 is 42.7 Å². The zero-order chi connectivity index (χ0) is 29.1. The summed E-state index contributed by atoms with van der Waals surface area (Å²) >= 11 is 0. The number of rotatable bonds is 9. The normalized spacial score (nSPS) is 16.6. The van der Waals surface area contributed by atoms with Crippen molar-refractivity contribution < 1.29 is 31.9 Å². The number of hydrogen-bond acceptors (Lipinski definition) is 6. The number of amides is 1. The van der Waals surface area contributed by atoms with Crippen molar-refractivity contribution in [2.45, 2.75) is 44.3 Å². The number of hydrogen-bond donors (Lipinski definition) is 2. The number of fused-ring (bicyclic) bond motifs is 1. The number of piperidine rings is 1. The van der Waals surface area contributed by atoms with Crippen molar-refractivity contribution >= 4 is 22.4 Å². The number of likely N-dealkylation sites (tertiary alicyclic amines) is 1. The summed E-state index contributed by atoms with van der Waals surface area (Å²) in [5.41, 5.74) is 2.68. The molecule has 1 aliphatic rings. The number of benzene rings is 2. The fourth-order valence-corrected chi connectivity index (χ4v) is 5.17. The molecule has 2 aromatic carbocycles. The molecule has 1 atom stereocenters. The summed E-state index contributed by atoms with van der Waals surface area (Å²) in [5, 5.41) is 13.8. The predicted octanol–water partition coefficient (Wildman–Crippen LogP) is 4.84. The minimum Gasteiger partial charge on any atom is -0.395 e. The Labute approximate surface area is 229 Å². The number of aromatic nitrogens is 2. The van der Waals surface area contributed by atoms with Crippen molar-refractivity contribution in [3.8, 4) is 0 Å². The first-order chi connectivity index (χ1) is 18.9. The molecule has 0 aliphatic carbocycles. The number of nitrogens with one attached hydrogen (secondary N) is 1. The molecule has 3 aromatic rings. The summed E-state index contributed by atoms with van der Waals surface area (Å²) in [7, 11) is 1.88. The van der Waals surface area contributed by atoms with Crippen LogP contribution >= 0.6 is 0 Å². The lowest BCUT2D eigenvalue weighted by molar-refractivity contribution is -0.145. The van der Waals surface area contributed by atoms with Gasteiger partial charge < -0.3 is 15.3 Å².